The van der Waals surface area contributed by atoms with Gasteiger partial charge in [-0.2, -0.15) is 0 Å². The first-order valence-corrected chi connectivity index (χ1v) is 13.2. The SMILES string of the molecule is COc1ccc(C(=O)CSc2ccc(NC(=O)/C(=C/c3cccnc3)NC(=O)c3ccccc3)cc2)cc1OC. The van der Waals surface area contributed by atoms with E-state index in [4.69, 9.17) is 9.47 Å². The fraction of sp³-hybridized carbons (Fsp3) is 0.0968. The van der Waals surface area contributed by atoms with E-state index >= 15 is 0 Å². The number of nitrogens with zero attached hydrogens (tertiary/aromatic N) is 1. The van der Waals surface area contributed by atoms with Crippen molar-refractivity contribution >= 4 is 41.1 Å². The van der Waals surface area contributed by atoms with Crippen LogP contribution in [0.3, 0.4) is 0 Å². The van der Waals surface area contributed by atoms with Gasteiger partial charge in [-0.25, -0.2) is 0 Å². The molecule has 8 nitrogen and oxygen atoms in total. The van der Waals surface area contributed by atoms with Crippen molar-refractivity contribution in [1.82, 2.24) is 10.3 Å². The molecule has 4 rings (SSSR count). The lowest BCUT2D eigenvalue weighted by Gasteiger charge is -2.12. The number of rotatable bonds is 11. The number of carbonyl (C=O) groups is 3. The van der Waals surface area contributed by atoms with Crippen LogP contribution in [0, 0.1) is 0 Å². The van der Waals surface area contributed by atoms with Crippen LogP contribution in [-0.4, -0.2) is 42.6 Å². The van der Waals surface area contributed by atoms with E-state index in [1.807, 2.05) is 18.2 Å². The number of ketones is 1. The summed E-state index contributed by atoms with van der Waals surface area (Å²) in [4.78, 5) is 43.5. The number of benzene rings is 3. The van der Waals surface area contributed by atoms with Gasteiger partial charge in [0.2, 0.25) is 0 Å². The van der Waals surface area contributed by atoms with Crippen LogP contribution < -0.4 is 20.1 Å². The molecule has 0 spiro atoms. The van der Waals surface area contributed by atoms with Crippen molar-refractivity contribution < 1.29 is 23.9 Å². The maximum atomic E-state index is 13.2. The van der Waals surface area contributed by atoms with Crippen LogP contribution >= 0.6 is 11.8 Å². The quantitative estimate of drug-likeness (QED) is 0.144. The molecule has 0 bridgehead atoms. The van der Waals surface area contributed by atoms with Crippen molar-refractivity contribution in [2.75, 3.05) is 25.3 Å². The molecule has 0 saturated heterocycles. The predicted octanol–water partition coefficient (Wildman–Crippen LogP) is 5.48. The maximum absolute atomic E-state index is 13.2. The Bertz CT molecular complexity index is 1510. The van der Waals surface area contributed by atoms with Crippen LogP contribution in [0.1, 0.15) is 26.3 Å². The van der Waals surface area contributed by atoms with E-state index in [1.165, 1.54) is 18.9 Å². The van der Waals surface area contributed by atoms with Gasteiger partial charge in [0.25, 0.3) is 11.8 Å². The Hall–Kier alpha value is -4.89. The van der Waals surface area contributed by atoms with Gasteiger partial charge in [-0.05, 0) is 72.3 Å². The number of Topliss-reactive ketones (excluding diaryl/α,β-unsaturated/α-hetero) is 1. The summed E-state index contributed by atoms with van der Waals surface area (Å²) >= 11 is 1.38. The molecule has 0 unspecified atom stereocenters. The van der Waals surface area contributed by atoms with E-state index in [1.54, 1.807) is 92.3 Å². The first-order chi connectivity index (χ1) is 19.5. The Morgan fingerprint density at radius 2 is 1.60 bits per heavy atom. The Morgan fingerprint density at radius 1 is 0.850 bits per heavy atom. The summed E-state index contributed by atoms with van der Waals surface area (Å²) in [7, 11) is 3.07. The molecule has 3 aromatic carbocycles. The highest BCUT2D eigenvalue weighted by atomic mass is 32.2. The first-order valence-electron chi connectivity index (χ1n) is 12.2. The van der Waals surface area contributed by atoms with Crippen molar-refractivity contribution in [3.05, 3.63) is 120 Å². The molecule has 0 aliphatic rings. The average molecular weight is 554 g/mol. The number of nitrogens with one attached hydrogen (secondary N) is 2. The molecule has 0 aliphatic carbocycles. The number of carbonyl (C=O) groups excluding carboxylic acids is 3. The normalized spacial score (nSPS) is 10.9. The molecular formula is C31H27N3O5S. The molecule has 0 aliphatic heterocycles. The zero-order valence-electron chi connectivity index (χ0n) is 21.9. The number of ether oxygens (including phenoxy) is 2. The summed E-state index contributed by atoms with van der Waals surface area (Å²) in [5.74, 6) is 0.333. The van der Waals surface area contributed by atoms with Crippen LogP contribution in [0.25, 0.3) is 6.08 Å². The van der Waals surface area contributed by atoms with Gasteiger partial charge in [-0.15, -0.1) is 11.8 Å². The summed E-state index contributed by atoms with van der Waals surface area (Å²) in [6.45, 7) is 0. The molecule has 4 aromatic rings. The number of thioether (sulfide) groups is 1. The lowest BCUT2D eigenvalue weighted by atomic mass is 10.1. The molecule has 202 valence electrons. The topological polar surface area (TPSA) is 107 Å². The van der Waals surface area contributed by atoms with Crippen LogP contribution in [-0.2, 0) is 4.79 Å². The van der Waals surface area contributed by atoms with Crippen LogP contribution in [0.15, 0.2) is 108 Å². The molecular weight excluding hydrogens is 526 g/mol. The minimum absolute atomic E-state index is 0.0531. The van der Waals surface area contributed by atoms with Gasteiger partial charge in [0, 0.05) is 34.1 Å². The maximum Gasteiger partial charge on any atom is 0.272 e. The van der Waals surface area contributed by atoms with Crippen molar-refractivity contribution in [3.8, 4) is 11.5 Å². The highest BCUT2D eigenvalue weighted by Crippen LogP contribution is 2.29. The zero-order valence-corrected chi connectivity index (χ0v) is 22.7. The molecule has 0 atom stereocenters. The van der Waals surface area contributed by atoms with Crippen LogP contribution in [0.4, 0.5) is 5.69 Å². The molecule has 2 N–H and O–H groups in total. The summed E-state index contributed by atoms with van der Waals surface area (Å²) in [6, 6.07) is 24.3. The van der Waals surface area contributed by atoms with E-state index in [0.717, 1.165) is 4.90 Å². The molecule has 0 radical (unpaired) electrons. The highest BCUT2D eigenvalue weighted by Gasteiger charge is 2.16. The lowest BCUT2D eigenvalue weighted by molar-refractivity contribution is -0.113. The lowest BCUT2D eigenvalue weighted by Crippen LogP contribution is -2.30. The Labute approximate surface area is 236 Å². The van der Waals surface area contributed by atoms with E-state index in [2.05, 4.69) is 15.6 Å². The van der Waals surface area contributed by atoms with Gasteiger partial charge < -0.3 is 20.1 Å². The second-order valence-corrected chi connectivity index (χ2v) is 9.47. The molecule has 9 heteroatoms. The van der Waals surface area contributed by atoms with E-state index in [9.17, 15) is 14.4 Å². The minimum atomic E-state index is -0.489. The van der Waals surface area contributed by atoms with Crippen molar-refractivity contribution in [1.29, 1.82) is 0 Å². The van der Waals surface area contributed by atoms with Gasteiger partial charge in [0.05, 0.1) is 20.0 Å². The monoisotopic (exact) mass is 553 g/mol. The number of hydrogen-bond acceptors (Lipinski definition) is 7. The van der Waals surface area contributed by atoms with Crippen molar-refractivity contribution in [3.63, 3.8) is 0 Å². The van der Waals surface area contributed by atoms with Crippen molar-refractivity contribution in [2.45, 2.75) is 4.90 Å². The number of hydrogen-bond donors (Lipinski definition) is 2. The second kappa shape index (κ2) is 13.8. The van der Waals surface area contributed by atoms with E-state index < -0.39 is 11.8 Å². The van der Waals surface area contributed by atoms with Gasteiger partial charge in [0.1, 0.15) is 5.70 Å². The Kier molecular flexibility index (Phi) is 9.68. The largest absolute Gasteiger partial charge is 0.493 e. The van der Waals surface area contributed by atoms with Gasteiger partial charge in [-0.3, -0.25) is 19.4 Å². The summed E-state index contributed by atoms with van der Waals surface area (Å²) in [6.07, 6.45) is 4.78. The number of anilines is 1. The molecule has 1 aromatic heterocycles. The van der Waals surface area contributed by atoms with Gasteiger partial charge in [0.15, 0.2) is 17.3 Å². The standard InChI is InChI=1S/C31H27N3O5S/c1-38-28-15-10-23(18-29(28)39-2)27(35)20-40-25-13-11-24(12-14-25)33-31(37)26(17-21-7-6-16-32-19-21)34-30(36)22-8-4-3-5-9-22/h3-19H,20H2,1-2H3,(H,33,37)(H,34,36)/b26-17-. The molecule has 0 fully saturated rings. The summed E-state index contributed by atoms with van der Waals surface area (Å²) < 4.78 is 10.5. The fourth-order valence-electron chi connectivity index (χ4n) is 3.65. The fourth-order valence-corrected chi connectivity index (χ4v) is 4.44. The summed E-state index contributed by atoms with van der Waals surface area (Å²) in [5.41, 5.74) is 2.22. The molecule has 40 heavy (non-hydrogen) atoms. The van der Waals surface area contributed by atoms with E-state index in [-0.39, 0.29) is 17.2 Å². The zero-order chi connectivity index (χ0) is 28.3. The Morgan fingerprint density at radius 3 is 2.27 bits per heavy atom. The third-order valence-corrected chi connectivity index (χ3v) is 6.72. The third-order valence-electron chi connectivity index (χ3n) is 5.71. The first kappa shape index (κ1) is 28.1. The van der Waals surface area contributed by atoms with Crippen molar-refractivity contribution in [2.24, 2.45) is 0 Å². The number of pyridine rings is 1. The number of methoxy groups -OCH3 is 2. The third kappa shape index (κ3) is 7.58. The van der Waals surface area contributed by atoms with Gasteiger partial charge in [-0.1, -0.05) is 24.3 Å². The van der Waals surface area contributed by atoms with Crippen LogP contribution in [0.2, 0.25) is 0 Å². The minimum Gasteiger partial charge on any atom is -0.493 e. The van der Waals surface area contributed by atoms with Gasteiger partial charge >= 0.3 is 0 Å². The summed E-state index contributed by atoms with van der Waals surface area (Å²) in [5, 5.41) is 5.52. The second-order valence-electron chi connectivity index (χ2n) is 8.42. The molecule has 1 heterocycles. The van der Waals surface area contributed by atoms with E-state index in [0.29, 0.717) is 33.9 Å². The smallest absolute Gasteiger partial charge is 0.272 e. The molecule has 2 amide bonds. The molecule has 0 saturated carbocycles. The van der Waals surface area contributed by atoms with Crippen LogP contribution in [0.5, 0.6) is 11.5 Å². The average Bonchev–Trinajstić information content (AvgIpc) is 3.00. The number of amides is 2. The predicted molar refractivity (Wildman–Crippen MR) is 156 cm³/mol. The highest BCUT2D eigenvalue weighted by molar-refractivity contribution is 8.00. The Balaban J connectivity index is 1.41. The number of aromatic nitrogens is 1.